The molecule has 1 saturated heterocycles. The van der Waals surface area contributed by atoms with Crippen molar-refractivity contribution in [3.05, 3.63) is 53.8 Å². The topological polar surface area (TPSA) is 44.4 Å². The molecule has 7 heteroatoms. The number of nitrogens with zero attached hydrogens (tertiary/aromatic N) is 3. The van der Waals surface area contributed by atoms with Gasteiger partial charge in [-0.3, -0.25) is 4.98 Å². The quantitative estimate of drug-likeness (QED) is 0.398. The second-order valence-electron chi connectivity index (χ2n) is 8.33. The van der Waals surface area contributed by atoms with Crippen molar-refractivity contribution >= 4 is 49.7 Å². The number of halogens is 1. The molecule has 162 valence electrons. The monoisotopic (exact) mass is 446 g/mol. The average molecular weight is 447 g/mol. The van der Waals surface area contributed by atoms with Gasteiger partial charge >= 0.3 is 0 Å². The lowest BCUT2D eigenvalue weighted by Gasteiger charge is -2.35. The number of fused-ring (bicyclic) bond motifs is 5. The molecule has 1 N–H and O–H groups in total. The van der Waals surface area contributed by atoms with Crippen LogP contribution in [-0.4, -0.2) is 55.2 Å². The van der Waals surface area contributed by atoms with E-state index in [-0.39, 0.29) is 5.82 Å². The molecule has 6 rings (SSSR count). The largest absolute Gasteiger partial charge is 0.497 e. The molecule has 0 saturated carbocycles. The number of pyridine rings is 1. The van der Waals surface area contributed by atoms with Gasteiger partial charge in [0.05, 0.1) is 29.3 Å². The maximum Gasteiger partial charge on any atom is 0.147 e. The minimum Gasteiger partial charge on any atom is -0.497 e. The van der Waals surface area contributed by atoms with Crippen LogP contribution in [0.1, 0.15) is 0 Å². The molecule has 0 bridgehead atoms. The molecule has 1 fully saturated rings. The highest BCUT2D eigenvalue weighted by Gasteiger charge is 2.25. The number of piperazine rings is 1. The first kappa shape index (κ1) is 19.5. The maximum absolute atomic E-state index is 15.8. The Morgan fingerprint density at radius 2 is 1.91 bits per heavy atom. The third-order valence-corrected chi connectivity index (χ3v) is 7.34. The number of aromatic nitrogens is 2. The smallest absolute Gasteiger partial charge is 0.147 e. The summed E-state index contributed by atoms with van der Waals surface area (Å²) >= 11 is 1.62. The van der Waals surface area contributed by atoms with Crippen LogP contribution in [0.3, 0.4) is 0 Å². The van der Waals surface area contributed by atoms with Gasteiger partial charge in [-0.25, -0.2) is 4.39 Å². The van der Waals surface area contributed by atoms with Gasteiger partial charge in [0.1, 0.15) is 11.6 Å². The van der Waals surface area contributed by atoms with Crippen LogP contribution in [0.15, 0.2) is 48.0 Å². The highest BCUT2D eigenvalue weighted by atomic mass is 32.1. The van der Waals surface area contributed by atoms with Crippen LogP contribution in [0.25, 0.3) is 43.1 Å². The van der Waals surface area contributed by atoms with Gasteiger partial charge in [0, 0.05) is 65.0 Å². The van der Waals surface area contributed by atoms with Gasteiger partial charge in [-0.1, -0.05) is 6.07 Å². The van der Waals surface area contributed by atoms with Crippen LogP contribution < -0.4 is 9.64 Å². The fourth-order valence-electron chi connectivity index (χ4n) is 4.75. The summed E-state index contributed by atoms with van der Waals surface area (Å²) in [7, 11) is 3.76. The second-order valence-corrected chi connectivity index (χ2v) is 9.28. The van der Waals surface area contributed by atoms with E-state index in [4.69, 9.17) is 9.72 Å². The van der Waals surface area contributed by atoms with E-state index in [0.717, 1.165) is 75.1 Å². The zero-order chi connectivity index (χ0) is 21.8. The first-order chi connectivity index (χ1) is 15.6. The van der Waals surface area contributed by atoms with Crippen LogP contribution in [0, 0.1) is 5.82 Å². The molecule has 3 aromatic heterocycles. The minimum atomic E-state index is -0.198. The normalized spacial score (nSPS) is 15.3. The molecule has 0 radical (unpaired) electrons. The lowest BCUT2D eigenvalue weighted by atomic mass is 10.0. The summed E-state index contributed by atoms with van der Waals surface area (Å²) in [6.07, 6.45) is 1.91. The number of aromatic amines is 1. The van der Waals surface area contributed by atoms with Crippen LogP contribution >= 0.6 is 11.3 Å². The molecule has 1 aliphatic heterocycles. The van der Waals surface area contributed by atoms with E-state index in [0.29, 0.717) is 5.69 Å². The van der Waals surface area contributed by atoms with Crippen molar-refractivity contribution in [1.29, 1.82) is 0 Å². The van der Waals surface area contributed by atoms with Crippen LogP contribution in [0.2, 0.25) is 0 Å². The number of benzene rings is 2. The van der Waals surface area contributed by atoms with E-state index in [9.17, 15) is 0 Å². The minimum absolute atomic E-state index is 0.198. The molecule has 1 aliphatic rings. The number of H-pyrrole nitrogens is 1. The van der Waals surface area contributed by atoms with Gasteiger partial charge in [0.25, 0.3) is 0 Å². The Kier molecular flexibility index (Phi) is 4.55. The van der Waals surface area contributed by atoms with Crippen molar-refractivity contribution in [1.82, 2.24) is 14.9 Å². The van der Waals surface area contributed by atoms with E-state index >= 15 is 4.39 Å². The molecule has 0 atom stereocenters. The molecular weight excluding hydrogens is 423 g/mol. The molecule has 0 amide bonds. The SMILES string of the molecule is COc1ccc2c(c1)[nH]c1c3cc(F)c(N4CCN(C)CC4)c(-c4cccs4)c3ncc21. The molecule has 5 nitrogen and oxygen atoms in total. The van der Waals surface area contributed by atoms with Crippen LogP contribution in [0.4, 0.5) is 10.1 Å². The predicted octanol–water partition coefficient (Wildman–Crippen LogP) is 5.50. The van der Waals surface area contributed by atoms with E-state index < -0.39 is 0 Å². The number of likely N-dealkylation sites (N-methyl/N-ethyl adjacent to an activating group) is 1. The zero-order valence-electron chi connectivity index (χ0n) is 18.0. The first-order valence-corrected chi connectivity index (χ1v) is 11.6. The van der Waals surface area contributed by atoms with Crippen molar-refractivity contribution in [3.8, 4) is 16.2 Å². The zero-order valence-corrected chi connectivity index (χ0v) is 18.8. The molecule has 5 aromatic rings. The number of ether oxygens (including phenoxy) is 1. The summed E-state index contributed by atoms with van der Waals surface area (Å²) < 4.78 is 21.2. The van der Waals surface area contributed by atoms with Crippen molar-refractivity contribution < 1.29 is 9.13 Å². The summed E-state index contributed by atoms with van der Waals surface area (Å²) in [5.41, 5.74) is 4.24. The number of anilines is 1. The highest BCUT2D eigenvalue weighted by Crippen LogP contribution is 2.43. The standard InChI is InChI=1S/C25H23FN4OS/c1-29-7-9-30(10-8-29)25-19(26)13-17-23-18(16-6-5-15(31-2)12-20(16)28-23)14-27-24(17)22(25)21-4-3-11-32-21/h3-6,11-14,28H,7-10H2,1-2H3. The Balaban J connectivity index is 1.66. The van der Waals surface area contributed by atoms with Crippen molar-refractivity contribution in [2.75, 3.05) is 45.2 Å². The molecule has 0 aliphatic carbocycles. The summed E-state index contributed by atoms with van der Waals surface area (Å²) in [6.45, 7) is 3.42. The Hall–Kier alpha value is -3.16. The van der Waals surface area contributed by atoms with Gasteiger partial charge in [-0.2, -0.15) is 0 Å². The summed E-state index contributed by atoms with van der Waals surface area (Å²) in [6, 6.07) is 11.7. The van der Waals surface area contributed by atoms with Gasteiger partial charge in [0.2, 0.25) is 0 Å². The number of methoxy groups -OCH3 is 1. The Morgan fingerprint density at radius 1 is 1.06 bits per heavy atom. The van der Waals surface area contributed by atoms with Crippen LogP contribution in [0.5, 0.6) is 5.75 Å². The number of hydrogen-bond donors (Lipinski definition) is 1. The lowest BCUT2D eigenvalue weighted by molar-refractivity contribution is 0.312. The van der Waals surface area contributed by atoms with Gasteiger partial charge < -0.3 is 19.5 Å². The molecule has 0 spiro atoms. The third-order valence-electron chi connectivity index (χ3n) is 6.45. The third kappa shape index (κ3) is 2.96. The number of hydrogen-bond acceptors (Lipinski definition) is 5. The predicted molar refractivity (Wildman–Crippen MR) is 131 cm³/mol. The summed E-state index contributed by atoms with van der Waals surface area (Å²) in [5, 5.41) is 4.88. The second kappa shape index (κ2) is 7.46. The molecule has 32 heavy (non-hydrogen) atoms. The van der Waals surface area contributed by atoms with Crippen molar-refractivity contribution in [2.45, 2.75) is 0 Å². The number of rotatable bonds is 3. The fourth-order valence-corrected chi connectivity index (χ4v) is 5.52. The lowest BCUT2D eigenvalue weighted by Crippen LogP contribution is -2.45. The van der Waals surface area contributed by atoms with Gasteiger partial charge in [-0.05, 0) is 36.7 Å². The van der Waals surface area contributed by atoms with Gasteiger partial charge in [-0.15, -0.1) is 11.3 Å². The van der Waals surface area contributed by atoms with E-state index in [1.165, 1.54) is 0 Å². The molecular formula is C25H23FN4OS. The van der Waals surface area contributed by atoms with Crippen molar-refractivity contribution in [2.24, 2.45) is 0 Å². The summed E-state index contributed by atoms with van der Waals surface area (Å²) in [4.78, 5) is 13.9. The number of nitrogens with one attached hydrogen (secondary N) is 1. The summed E-state index contributed by atoms with van der Waals surface area (Å²) in [5.74, 6) is 0.583. The Bertz CT molecular complexity index is 1450. The van der Waals surface area contributed by atoms with Crippen LogP contribution in [-0.2, 0) is 0 Å². The number of thiophene rings is 1. The fraction of sp³-hybridized carbons (Fsp3) is 0.240. The molecule has 4 heterocycles. The Morgan fingerprint density at radius 3 is 2.66 bits per heavy atom. The van der Waals surface area contributed by atoms with E-state index in [1.807, 2.05) is 35.8 Å². The molecule has 0 unspecified atom stereocenters. The first-order valence-electron chi connectivity index (χ1n) is 10.7. The Labute approximate surface area is 189 Å². The van der Waals surface area contributed by atoms with E-state index in [2.05, 4.69) is 27.9 Å². The van der Waals surface area contributed by atoms with Crippen molar-refractivity contribution in [3.63, 3.8) is 0 Å². The highest BCUT2D eigenvalue weighted by molar-refractivity contribution is 7.13. The molecule has 2 aromatic carbocycles. The maximum atomic E-state index is 15.8. The van der Waals surface area contributed by atoms with Gasteiger partial charge in [0.15, 0.2) is 0 Å². The van der Waals surface area contributed by atoms with E-state index in [1.54, 1.807) is 24.5 Å². The average Bonchev–Trinajstić information content (AvgIpc) is 3.46.